The minimum atomic E-state index is -0.916. The highest BCUT2D eigenvalue weighted by atomic mass is 32.2. The molecule has 1 aliphatic heterocycles. The second-order valence-corrected chi connectivity index (χ2v) is 4.93. The molecule has 6 heteroatoms. The number of carboxylic acids is 1. The van der Waals surface area contributed by atoms with Crippen molar-refractivity contribution in [2.75, 3.05) is 24.6 Å². The summed E-state index contributed by atoms with van der Waals surface area (Å²) in [6.07, 6.45) is 0.586. The second kappa shape index (κ2) is 4.85. The second-order valence-electron chi connectivity index (χ2n) is 3.95. The van der Waals surface area contributed by atoms with E-state index in [2.05, 4.69) is 0 Å². The number of nitrogens with zero attached hydrogens (tertiary/aromatic N) is 1. The first-order chi connectivity index (χ1) is 6.91. The lowest BCUT2D eigenvalue weighted by Crippen LogP contribution is -2.35. The van der Waals surface area contributed by atoms with Gasteiger partial charge in [0.25, 0.3) is 0 Å². The lowest BCUT2D eigenvalue weighted by Gasteiger charge is -2.18. The van der Waals surface area contributed by atoms with Gasteiger partial charge in [0.15, 0.2) is 0 Å². The maximum Gasteiger partial charge on any atom is 0.313 e. The predicted octanol–water partition coefficient (Wildman–Crippen LogP) is -0.213. The molecule has 1 heterocycles. The van der Waals surface area contributed by atoms with Gasteiger partial charge in [0.05, 0.1) is 17.1 Å². The first-order valence-corrected chi connectivity index (χ1v) is 5.86. The molecule has 1 aliphatic rings. The summed E-state index contributed by atoms with van der Waals surface area (Å²) in [7, 11) is 0. The summed E-state index contributed by atoms with van der Waals surface area (Å²) in [6.45, 7) is 2.60. The summed E-state index contributed by atoms with van der Waals surface area (Å²) >= 11 is 1.08. The third-order valence-electron chi connectivity index (χ3n) is 2.26. The number of carbonyl (C=O) groups is 2. The number of hydrogen-bond acceptors (Lipinski definition) is 4. The van der Waals surface area contributed by atoms with Crippen molar-refractivity contribution in [3.8, 4) is 0 Å². The van der Waals surface area contributed by atoms with Crippen LogP contribution >= 0.6 is 11.8 Å². The topological polar surface area (TPSA) is 77.8 Å². The molecule has 0 saturated carbocycles. The van der Waals surface area contributed by atoms with E-state index in [1.165, 1.54) is 0 Å². The minimum Gasteiger partial charge on any atom is -0.481 e. The van der Waals surface area contributed by atoms with E-state index in [1.54, 1.807) is 11.8 Å². The van der Waals surface area contributed by atoms with Gasteiger partial charge in [-0.15, -0.1) is 11.8 Å². The van der Waals surface area contributed by atoms with Gasteiger partial charge in [-0.1, -0.05) is 0 Å². The van der Waals surface area contributed by atoms with Crippen molar-refractivity contribution in [2.45, 2.75) is 18.9 Å². The van der Waals surface area contributed by atoms with Gasteiger partial charge in [-0.25, -0.2) is 0 Å². The summed E-state index contributed by atoms with van der Waals surface area (Å²) in [6, 6.07) is 0. The van der Waals surface area contributed by atoms with Crippen molar-refractivity contribution in [3.05, 3.63) is 0 Å². The van der Waals surface area contributed by atoms with E-state index in [-0.39, 0.29) is 17.4 Å². The van der Waals surface area contributed by atoms with Gasteiger partial charge in [-0.05, 0) is 13.3 Å². The number of carboxylic acid groups (broad SMARTS) is 1. The molecule has 0 aliphatic carbocycles. The number of carbonyl (C=O) groups excluding carboxylic acids is 1. The maximum absolute atomic E-state index is 11.5. The largest absolute Gasteiger partial charge is 0.481 e. The molecule has 0 aromatic carbocycles. The quantitative estimate of drug-likeness (QED) is 0.702. The molecule has 0 aromatic rings. The Kier molecular flexibility index (Phi) is 3.98. The van der Waals surface area contributed by atoms with Gasteiger partial charge in [0.2, 0.25) is 5.91 Å². The Morgan fingerprint density at radius 1 is 1.47 bits per heavy atom. The van der Waals surface area contributed by atoms with E-state index in [9.17, 15) is 14.7 Å². The Morgan fingerprint density at radius 2 is 2.13 bits per heavy atom. The molecule has 0 spiro atoms. The van der Waals surface area contributed by atoms with E-state index in [4.69, 9.17) is 5.11 Å². The van der Waals surface area contributed by atoms with E-state index >= 15 is 0 Å². The highest BCUT2D eigenvalue weighted by Gasteiger charge is 2.33. The van der Waals surface area contributed by atoms with Gasteiger partial charge < -0.3 is 15.1 Å². The zero-order valence-electron chi connectivity index (χ0n) is 8.60. The van der Waals surface area contributed by atoms with Gasteiger partial charge in [-0.3, -0.25) is 9.59 Å². The molecule has 1 atom stereocenters. The molecule has 1 fully saturated rings. The Labute approximate surface area is 92.4 Å². The monoisotopic (exact) mass is 233 g/mol. The molecule has 1 unspecified atom stereocenters. The van der Waals surface area contributed by atoms with Crippen LogP contribution < -0.4 is 0 Å². The predicted molar refractivity (Wildman–Crippen MR) is 56.8 cm³/mol. The number of hydrogen-bond donors (Lipinski definition) is 2. The van der Waals surface area contributed by atoms with Crippen molar-refractivity contribution in [1.29, 1.82) is 0 Å². The van der Waals surface area contributed by atoms with E-state index in [1.807, 2.05) is 0 Å². The molecule has 15 heavy (non-hydrogen) atoms. The van der Waals surface area contributed by atoms with Crippen LogP contribution in [0.5, 0.6) is 0 Å². The number of rotatable bonds is 4. The van der Waals surface area contributed by atoms with Crippen LogP contribution in [0.1, 0.15) is 13.3 Å². The summed E-state index contributed by atoms with van der Waals surface area (Å²) in [5.74, 6) is -0.904. The standard InChI is InChI=1S/C9H15NO4S/c1-9(14)2-3-10(6-9)7(11)4-15-5-8(12)13/h14H,2-6H2,1H3,(H,12,13). The molecule has 1 rings (SSSR count). The smallest absolute Gasteiger partial charge is 0.313 e. The molecular formula is C9H15NO4S. The van der Waals surface area contributed by atoms with Gasteiger partial charge in [0.1, 0.15) is 0 Å². The minimum absolute atomic E-state index is 0.0596. The van der Waals surface area contributed by atoms with Crippen LogP contribution in [-0.2, 0) is 9.59 Å². The molecule has 1 amide bonds. The van der Waals surface area contributed by atoms with Crippen molar-refractivity contribution >= 4 is 23.6 Å². The third kappa shape index (κ3) is 4.09. The molecule has 2 N–H and O–H groups in total. The van der Waals surface area contributed by atoms with E-state index in [0.717, 1.165) is 11.8 Å². The van der Waals surface area contributed by atoms with Crippen LogP contribution in [0.15, 0.2) is 0 Å². The molecule has 0 bridgehead atoms. The highest BCUT2D eigenvalue weighted by Crippen LogP contribution is 2.20. The zero-order chi connectivity index (χ0) is 11.5. The summed E-state index contributed by atoms with van der Waals surface area (Å²) in [4.78, 5) is 23.3. The van der Waals surface area contributed by atoms with Crippen molar-refractivity contribution in [3.63, 3.8) is 0 Å². The number of thioether (sulfide) groups is 1. The Morgan fingerprint density at radius 3 is 2.60 bits per heavy atom. The molecule has 1 saturated heterocycles. The normalized spacial score (nSPS) is 25.6. The Bertz CT molecular complexity index is 267. The zero-order valence-corrected chi connectivity index (χ0v) is 9.42. The number of likely N-dealkylation sites (tertiary alicyclic amines) is 1. The lowest BCUT2D eigenvalue weighted by atomic mass is 10.1. The molecular weight excluding hydrogens is 218 g/mol. The number of aliphatic carboxylic acids is 1. The van der Waals surface area contributed by atoms with Gasteiger partial charge >= 0.3 is 5.97 Å². The molecule has 86 valence electrons. The number of amides is 1. The van der Waals surface area contributed by atoms with Gasteiger partial charge in [-0.2, -0.15) is 0 Å². The van der Waals surface area contributed by atoms with Gasteiger partial charge in [0, 0.05) is 13.1 Å². The molecule has 0 radical (unpaired) electrons. The van der Waals surface area contributed by atoms with Crippen LogP contribution in [-0.4, -0.2) is 57.2 Å². The summed E-state index contributed by atoms with van der Waals surface area (Å²) in [5.41, 5.74) is -0.785. The van der Waals surface area contributed by atoms with Crippen molar-refractivity contribution < 1.29 is 19.8 Å². The van der Waals surface area contributed by atoms with Crippen molar-refractivity contribution in [1.82, 2.24) is 4.90 Å². The summed E-state index contributed by atoms with van der Waals surface area (Å²) < 4.78 is 0. The highest BCUT2D eigenvalue weighted by molar-refractivity contribution is 8.00. The Hall–Kier alpha value is -0.750. The summed E-state index contributed by atoms with van der Waals surface area (Å²) in [5, 5.41) is 18.0. The van der Waals surface area contributed by atoms with E-state index in [0.29, 0.717) is 19.5 Å². The first-order valence-electron chi connectivity index (χ1n) is 4.70. The molecule has 5 nitrogen and oxygen atoms in total. The van der Waals surface area contributed by atoms with Crippen molar-refractivity contribution in [2.24, 2.45) is 0 Å². The van der Waals surface area contributed by atoms with Crippen LogP contribution in [0.25, 0.3) is 0 Å². The fraction of sp³-hybridized carbons (Fsp3) is 0.778. The van der Waals surface area contributed by atoms with Crippen LogP contribution in [0.4, 0.5) is 0 Å². The fourth-order valence-corrected chi connectivity index (χ4v) is 2.11. The maximum atomic E-state index is 11.5. The van der Waals surface area contributed by atoms with Crippen LogP contribution in [0, 0.1) is 0 Å². The van der Waals surface area contributed by atoms with E-state index < -0.39 is 11.6 Å². The lowest BCUT2D eigenvalue weighted by molar-refractivity contribution is -0.133. The number of β-amino-alcohol motifs (C(OH)–C–C–N with tert-alkyl or cyclic N) is 1. The third-order valence-corrected chi connectivity index (χ3v) is 3.16. The average molecular weight is 233 g/mol. The molecule has 0 aromatic heterocycles. The number of aliphatic hydroxyl groups is 1. The first kappa shape index (κ1) is 12.3. The fourth-order valence-electron chi connectivity index (χ4n) is 1.47. The Balaban J connectivity index is 2.27. The average Bonchev–Trinajstić information content (AvgIpc) is 2.45. The van der Waals surface area contributed by atoms with Crippen LogP contribution in [0.2, 0.25) is 0 Å². The SMILES string of the molecule is CC1(O)CCN(C(=O)CSCC(=O)O)C1. The van der Waals surface area contributed by atoms with Crippen LogP contribution in [0.3, 0.4) is 0 Å².